The standard InChI is InChI=1S/C52H82N8/c1-5-9-13-17-21-25-29-35-45-47(37-31-27-23-19-15-11-7-3)57-59-51(55-45)49-41-33-39-43(53-49)44-40-34-42-50(54-44)52-56-46(36-30-26-22-18-14-10-6-2)48(58-60-52)38-32-28-24-20-16-12-8-4/h33-34,39-42H,5-32,35-38H2,1-4H3. The zero-order valence-electron chi connectivity index (χ0n) is 38.7. The molecule has 0 aliphatic rings. The van der Waals surface area contributed by atoms with E-state index >= 15 is 0 Å². The van der Waals surface area contributed by atoms with Crippen molar-refractivity contribution >= 4 is 0 Å². The molecule has 0 aliphatic heterocycles. The van der Waals surface area contributed by atoms with Gasteiger partial charge in [0.2, 0.25) is 11.6 Å². The van der Waals surface area contributed by atoms with Crippen LogP contribution in [0.5, 0.6) is 0 Å². The molecule has 0 atom stereocenters. The van der Waals surface area contributed by atoms with Crippen molar-refractivity contribution in [3.63, 3.8) is 0 Å². The summed E-state index contributed by atoms with van der Waals surface area (Å²) >= 11 is 0. The fraction of sp³-hybridized carbons (Fsp3) is 0.692. The van der Waals surface area contributed by atoms with E-state index in [4.69, 9.17) is 30.1 Å². The first-order valence-electron chi connectivity index (χ1n) is 25.1. The molecule has 4 aromatic rings. The molecule has 0 amide bonds. The summed E-state index contributed by atoms with van der Waals surface area (Å²) in [7, 11) is 0. The van der Waals surface area contributed by atoms with Crippen molar-refractivity contribution in [2.45, 2.75) is 233 Å². The highest BCUT2D eigenvalue weighted by molar-refractivity contribution is 5.62. The predicted octanol–water partition coefficient (Wildman–Crippen LogP) is 15.0. The number of hydrogen-bond acceptors (Lipinski definition) is 8. The Labute approximate surface area is 365 Å². The summed E-state index contributed by atoms with van der Waals surface area (Å²) in [5, 5.41) is 18.9. The molecule has 0 spiro atoms. The summed E-state index contributed by atoms with van der Waals surface area (Å²) in [5.74, 6) is 1.18. The van der Waals surface area contributed by atoms with Crippen molar-refractivity contribution in [3.05, 3.63) is 59.2 Å². The molecular formula is C52H82N8. The van der Waals surface area contributed by atoms with Crippen LogP contribution in [0.1, 0.15) is 230 Å². The van der Waals surface area contributed by atoms with E-state index in [0.29, 0.717) is 11.6 Å². The van der Waals surface area contributed by atoms with Crippen LogP contribution >= 0.6 is 0 Å². The average molecular weight is 819 g/mol. The zero-order chi connectivity index (χ0) is 42.3. The van der Waals surface area contributed by atoms with Crippen LogP contribution in [0, 0.1) is 0 Å². The van der Waals surface area contributed by atoms with Gasteiger partial charge in [-0.2, -0.15) is 10.2 Å². The van der Waals surface area contributed by atoms with E-state index in [-0.39, 0.29) is 0 Å². The van der Waals surface area contributed by atoms with Crippen molar-refractivity contribution in [1.82, 2.24) is 40.3 Å². The maximum absolute atomic E-state index is 5.15. The zero-order valence-corrected chi connectivity index (χ0v) is 38.7. The summed E-state index contributed by atoms with van der Waals surface area (Å²) in [6.07, 6.45) is 39.7. The molecule has 8 heteroatoms. The van der Waals surface area contributed by atoms with E-state index in [2.05, 4.69) is 37.9 Å². The highest BCUT2D eigenvalue weighted by Crippen LogP contribution is 2.24. The minimum Gasteiger partial charge on any atom is -0.243 e. The summed E-state index contributed by atoms with van der Waals surface area (Å²) in [6, 6.07) is 12.0. The lowest BCUT2D eigenvalue weighted by atomic mass is 10.0. The van der Waals surface area contributed by atoms with Crippen LogP contribution in [0.2, 0.25) is 0 Å². The van der Waals surface area contributed by atoms with Gasteiger partial charge in [-0.25, -0.2) is 19.9 Å². The minimum absolute atomic E-state index is 0.591. The molecule has 60 heavy (non-hydrogen) atoms. The van der Waals surface area contributed by atoms with Gasteiger partial charge in [-0.05, 0) is 75.6 Å². The Bertz CT molecular complexity index is 1580. The molecule has 0 aromatic carbocycles. The summed E-state index contributed by atoms with van der Waals surface area (Å²) < 4.78 is 0. The van der Waals surface area contributed by atoms with Gasteiger partial charge in [0, 0.05) is 0 Å². The average Bonchev–Trinajstić information content (AvgIpc) is 3.28. The minimum atomic E-state index is 0.591. The molecule has 0 saturated carbocycles. The molecule has 0 N–H and O–H groups in total. The predicted molar refractivity (Wildman–Crippen MR) is 252 cm³/mol. The molecule has 0 saturated heterocycles. The van der Waals surface area contributed by atoms with Gasteiger partial charge < -0.3 is 0 Å². The number of nitrogens with zero attached hydrogens (tertiary/aromatic N) is 8. The van der Waals surface area contributed by atoms with E-state index in [1.165, 1.54) is 154 Å². The van der Waals surface area contributed by atoms with Crippen LogP contribution in [-0.2, 0) is 25.7 Å². The van der Waals surface area contributed by atoms with Crippen molar-refractivity contribution in [2.75, 3.05) is 0 Å². The fourth-order valence-electron chi connectivity index (χ4n) is 8.17. The van der Waals surface area contributed by atoms with Crippen LogP contribution in [0.15, 0.2) is 36.4 Å². The Hall–Kier alpha value is -3.68. The number of unbranched alkanes of at least 4 members (excludes halogenated alkanes) is 24. The molecule has 0 unspecified atom stereocenters. The summed E-state index contributed by atoms with van der Waals surface area (Å²) in [6.45, 7) is 9.11. The second kappa shape index (κ2) is 31.2. The summed E-state index contributed by atoms with van der Waals surface area (Å²) in [4.78, 5) is 20.4. The van der Waals surface area contributed by atoms with Gasteiger partial charge >= 0.3 is 0 Å². The van der Waals surface area contributed by atoms with Gasteiger partial charge in [0.25, 0.3) is 0 Å². The van der Waals surface area contributed by atoms with Gasteiger partial charge in [-0.3, -0.25) is 0 Å². The molecule has 0 aliphatic carbocycles. The number of aromatic nitrogens is 8. The van der Waals surface area contributed by atoms with Crippen molar-refractivity contribution < 1.29 is 0 Å². The normalized spacial score (nSPS) is 11.5. The third kappa shape index (κ3) is 18.9. The van der Waals surface area contributed by atoms with Crippen molar-refractivity contribution in [2.24, 2.45) is 0 Å². The van der Waals surface area contributed by atoms with Gasteiger partial charge in [0.05, 0.1) is 34.2 Å². The molecule has 4 rings (SSSR count). The smallest absolute Gasteiger partial charge is 0.200 e. The van der Waals surface area contributed by atoms with Gasteiger partial charge in [0.15, 0.2) is 0 Å². The molecule has 0 fully saturated rings. The lowest BCUT2D eigenvalue weighted by Crippen LogP contribution is -2.08. The Morgan fingerprint density at radius 2 is 0.533 bits per heavy atom. The first-order chi connectivity index (χ1) is 29.7. The van der Waals surface area contributed by atoms with Gasteiger partial charge in [-0.1, -0.05) is 194 Å². The first kappa shape index (κ1) is 49.0. The molecule has 0 radical (unpaired) electrons. The summed E-state index contributed by atoms with van der Waals surface area (Å²) in [5.41, 5.74) is 7.31. The number of hydrogen-bond donors (Lipinski definition) is 0. The maximum atomic E-state index is 5.15. The fourth-order valence-corrected chi connectivity index (χ4v) is 8.17. The van der Waals surface area contributed by atoms with E-state index in [1.54, 1.807) is 0 Å². The second-order valence-corrected chi connectivity index (χ2v) is 17.4. The van der Waals surface area contributed by atoms with Crippen LogP contribution in [0.4, 0.5) is 0 Å². The van der Waals surface area contributed by atoms with Crippen LogP contribution in [-0.4, -0.2) is 40.3 Å². The molecular weight excluding hydrogens is 737 g/mol. The van der Waals surface area contributed by atoms with Gasteiger partial charge in [0.1, 0.15) is 11.4 Å². The molecule has 0 bridgehead atoms. The van der Waals surface area contributed by atoms with Gasteiger partial charge in [-0.15, -0.1) is 10.2 Å². The van der Waals surface area contributed by atoms with Crippen LogP contribution in [0.3, 0.4) is 0 Å². The first-order valence-corrected chi connectivity index (χ1v) is 25.1. The number of rotatable bonds is 35. The molecule has 8 nitrogen and oxygen atoms in total. The lowest BCUT2D eigenvalue weighted by Gasteiger charge is -2.11. The molecule has 4 aromatic heterocycles. The quantitative estimate of drug-likeness (QED) is 0.0423. The number of pyridine rings is 2. The Morgan fingerprint density at radius 3 is 0.850 bits per heavy atom. The third-order valence-corrected chi connectivity index (χ3v) is 12.0. The SMILES string of the molecule is CCCCCCCCCc1nnc(-c2cccc(-c3cccc(-c4nnc(CCCCCCCCC)c(CCCCCCCCC)n4)n3)n2)nc1CCCCCCCCC. The molecule has 4 heterocycles. The Morgan fingerprint density at radius 1 is 0.267 bits per heavy atom. The maximum Gasteiger partial charge on any atom is 0.200 e. The topological polar surface area (TPSA) is 103 Å². The van der Waals surface area contributed by atoms with Crippen molar-refractivity contribution in [1.29, 1.82) is 0 Å². The van der Waals surface area contributed by atoms with E-state index < -0.39 is 0 Å². The van der Waals surface area contributed by atoms with E-state index in [9.17, 15) is 0 Å². The largest absolute Gasteiger partial charge is 0.243 e. The Kier molecular flexibility index (Phi) is 25.5. The highest BCUT2D eigenvalue weighted by Gasteiger charge is 2.16. The number of aryl methyl sites for hydroxylation is 4. The monoisotopic (exact) mass is 819 g/mol. The highest BCUT2D eigenvalue weighted by atomic mass is 15.2. The second-order valence-electron chi connectivity index (χ2n) is 17.4. The van der Waals surface area contributed by atoms with Crippen LogP contribution < -0.4 is 0 Å². The molecule has 330 valence electrons. The Balaban J connectivity index is 1.48. The van der Waals surface area contributed by atoms with E-state index in [0.717, 1.165) is 96.9 Å². The van der Waals surface area contributed by atoms with Crippen molar-refractivity contribution in [3.8, 4) is 34.4 Å². The third-order valence-electron chi connectivity index (χ3n) is 12.0. The lowest BCUT2D eigenvalue weighted by molar-refractivity contribution is 0.575. The van der Waals surface area contributed by atoms with Crippen LogP contribution in [0.25, 0.3) is 34.4 Å². The van der Waals surface area contributed by atoms with E-state index in [1.807, 2.05) is 36.4 Å².